The van der Waals surface area contributed by atoms with Gasteiger partial charge in [0.2, 0.25) is 0 Å². The fourth-order valence-electron chi connectivity index (χ4n) is 2.62. The second-order valence-corrected chi connectivity index (χ2v) is 5.56. The maximum Gasteiger partial charge on any atom is 0.433 e. The first-order valence-corrected chi connectivity index (χ1v) is 7.62. The van der Waals surface area contributed by atoms with Crippen LogP contribution in [-0.2, 0) is 25.6 Å². The Kier molecular flexibility index (Phi) is 4.61. The Hall–Kier alpha value is -2.29. The summed E-state index contributed by atoms with van der Waals surface area (Å²) in [5.74, 6) is 0.893. The van der Waals surface area contributed by atoms with E-state index >= 15 is 0 Å². The molecule has 2 aromatic rings. The van der Waals surface area contributed by atoms with Gasteiger partial charge in [0.25, 0.3) is 0 Å². The molecule has 1 aliphatic heterocycles. The second kappa shape index (κ2) is 6.68. The molecular formula is C15H17F3N6. The van der Waals surface area contributed by atoms with Crippen LogP contribution in [0.25, 0.3) is 0 Å². The van der Waals surface area contributed by atoms with Gasteiger partial charge in [-0.15, -0.1) is 0 Å². The predicted octanol–water partition coefficient (Wildman–Crippen LogP) is 1.89. The first kappa shape index (κ1) is 16.6. The van der Waals surface area contributed by atoms with E-state index in [1.54, 1.807) is 0 Å². The van der Waals surface area contributed by atoms with Crippen molar-refractivity contribution in [1.29, 1.82) is 0 Å². The molecule has 0 aromatic carbocycles. The maximum atomic E-state index is 12.8. The van der Waals surface area contributed by atoms with Crippen LogP contribution in [0.4, 0.5) is 19.0 Å². The summed E-state index contributed by atoms with van der Waals surface area (Å²) in [4.78, 5) is 16.1. The van der Waals surface area contributed by atoms with Crippen molar-refractivity contribution in [3.8, 4) is 0 Å². The lowest BCUT2D eigenvalue weighted by molar-refractivity contribution is -0.141. The molecule has 2 N–H and O–H groups in total. The third kappa shape index (κ3) is 3.78. The number of nitrogens with zero attached hydrogens (tertiary/aromatic N) is 4. The summed E-state index contributed by atoms with van der Waals surface area (Å²) >= 11 is 0. The molecule has 0 amide bonds. The number of hydrogen-bond donors (Lipinski definition) is 2. The van der Waals surface area contributed by atoms with Gasteiger partial charge in [0.15, 0.2) is 0 Å². The number of hydrogen-bond acceptors (Lipinski definition) is 6. The van der Waals surface area contributed by atoms with Gasteiger partial charge in [-0.3, -0.25) is 0 Å². The summed E-state index contributed by atoms with van der Waals surface area (Å²) in [6.07, 6.45) is -1.88. The number of anilines is 1. The fraction of sp³-hybridized carbons (Fsp3) is 0.467. The zero-order chi connectivity index (χ0) is 17.2. The summed E-state index contributed by atoms with van der Waals surface area (Å²) in [6, 6.07) is 0.949. The van der Waals surface area contributed by atoms with Crippen LogP contribution in [0, 0.1) is 6.92 Å². The van der Waals surface area contributed by atoms with Crippen molar-refractivity contribution < 1.29 is 13.2 Å². The zero-order valence-corrected chi connectivity index (χ0v) is 13.1. The van der Waals surface area contributed by atoms with E-state index in [9.17, 15) is 13.2 Å². The molecule has 0 radical (unpaired) electrons. The highest BCUT2D eigenvalue weighted by Gasteiger charge is 2.33. The minimum Gasteiger partial charge on any atom is -0.369 e. The third-order valence-corrected chi connectivity index (χ3v) is 3.71. The van der Waals surface area contributed by atoms with E-state index in [-0.39, 0.29) is 12.2 Å². The average Bonchev–Trinajstić information content (AvgIpc) is 2.54. The molecule has 0 unspecified atom stereocenters. The summed E-state index contributed by atoms with van der Waals surface area (Å²) in [6.45, 7) is 3.48. The fourth-order valence-corrected chi connectivity index (χ4v) is 2.62. The Labute approximate surface area is 137 Å². The Bertz CT molecular complexity index is 732. The van der Waals surface area contributed by atoms with Crippen molar-refractivity contribution in [3.63, 3.8) is 0 Å². The number of aryl methyl sites for hydroxylation is 1. The number of aromatic nitrogens is 4. The quantitative estimate of drug-likeness (QED) is 0.887. The number of nitrogens with one attached hydrogen (secondary N) is 2. The van der Waals surface area contributed by atoms with Gasteiger partial charge < -0.3 is 10.6 Å². The van der Waals surface area contributed by atoms with E-state index in [1.165, 1.54) is 13.3 Å². The molecule has 1 aliphatic rings. The lowest BCUT2D eigenvalue weighted by atomic mass is 10.1. The van der Waals surface area contributed by atoms with Crippen LogP contribution in [0.3, 0.4) is 0 Å². The molecule has 2 aromatic heterocycles. The molecule has 24 heavy (non-hydrogen) atoms. The molecule has 0 bridgehead atoms. The van der Waals surface area contributed by atoms with Gasteiger partial charge in [-0.25, -0.2) is 19.9 Å². The number of alkyl halides is 3. The van der Waals surface area contributed by atoms with Crippen LogP contribution in [0.5, 0.6) is 0 Å². The number of fused-ring (bicyclic) bond motifs is 1. The van der Waals surface area contributed by atoms with E-state index in [2.05, 4.69) is 30.6 Å². The van der Waals surface area contributed by atoms with Crippen molar-refractivity contribution >= 4 is 5.82 Å². The molecule has 0 saturated heterocycles. The van der Waals surface area contributed by atoms with Gasteiger partial charge >= 0.3 is 6.18 Å². The highest BCUT2D eigenvalue weighted by molar-refractivity contribution is 5.47. The minimum absolute atomic E-state index is 0.166. The molecule has 9 heteroatoms. The van der Waals surface area contributed by atoms with Crippen LogP contribution in [0.1, 0.15) is 28.5 Å². The van der Waals surface area contributed by atoms with E-state index in [1.807, 2.05) is 0 Å². The van der Waals surface area contributed by atoms with Crippen LogP contribution in [-0.4, -0.2) is 33.0 Å². The van der Waals surface area contributed by atoms with Crippen LogP contribution < -0.4 is 10.6 Å². The smallest absolute Gasteiger partial charge is 0.369 e. The summed E-state index contributed by atoms with van der Waals surface area (Å²) < 4.78 is 38.4. The molecule has 0 aliphatic carbocycles. The summed E-state index contributed by atoms with van der Waals surface area (Å²) in [7, 11) is 0. The third-order valence-electron chi connectivity index (χ3n) is 3.71. The number of rotatable bonds is 4. The van der Waals surface area contributed by atoms with Gasteiger partial charge in [0.1, 0.15) is 23.7 Å². The van der Waals surface area contributed by atoms with Crippen LogP contribution in [0.2, 0.25) is 0 Å². The van der Waals surface area contributed by atoms with Crippen molar-refractivity contribution in [2.45, 2.75) is 32.5 Å². The molecule has 0 spiro atoms. The normalized spacial score (nSPS) is 14.3. The molecule has 6 nitrogen and oxygen atoms in total. The SMILES string of the molecule is Cc1cc(C(F)(F)F)nc(CCNc2ncnc3c2CCNC3)n1. The summed E-state index contributed by atoms with van der Waals surface area (Å²) in [5.41, 5.74) is 1.40. The van der Waals surface area contributed by atoms with E-state index in [0.29, 0.717) is 18.8 Å². The lowest BCUT2D eigenvalue weighted by Crippen LogP contribution is -2.26. The van der Waals surface area contributed by atoms with Gasteiger partial charge in [0.05, 0.1) is 5.69 Å². The topological polar surface area (TPSA) is 75.6 Å². The molecule has 0 atom stereocenters. The highest BCUT2D eigenvalue weighted by atomic mass is 19.4. The zero-order valence-electron chi connectivity index (χ0n) is 13.1. The van der Waals surface area contributed by atoms with E-state index in [0.717, 1.165) is 36.1 Å². The maximum absolute atomic E-state index is 12.8. The van der Waals surface area contributed by atoms with Crippen LogP contribution in [0.15, 0.2) is 12.4 Å². The first-order valence-electron chi connectivity index (χ1n) is 7.62. The molecule has 3 heterocycles. The first-order chi connectivity index (χ1) is 11.4. The monoisotopic (exact) mass is 338 g/mol. The molecular weight excluding hydrogens is 321 g/mol. The molecule has 0 saturated carbocycles. The van der Waals surface area contributed by atoms with Crippen molar-refractivity contribution in [3.05, 3.63) is 40.9 Å². The Balaban J connectivity index is 1.68. The number of halogens is 3. The standard InChI is InChI=1S/C15H17F3N6/c1-9-6-12(15(16,17)18)24-13(23-9)3-5-20-14-10-2-4-19-7-11(10)21-8-22-14/h6,8,19H,2-5,7H2,1H3,(H,20,21,22). The lowest BCUT2D eigenvalue weighted by Gasteiger charge is -2.19. The van der Waals surface area contributed by atoms with Gasteiger partial charge in [0, 0.05) is 30.8 Å². The van der Waals surface area contributed by atoms with Gasteiger partial charge in [-0.2, -0.15) is 13.2 Å². The molecule has 3 rings (SSSR count). The second-order valence-electron chi connectivity index (χ2n) is 5.56. The van der Waals surface area contributed by atoms with Crippen LogP contribution >= 0.6 is 0 Å². The van der Waals surface area contributed by atoms with Gasteiger partial charge in [-0.1, -0.05) is 0 Å². The van der Waals surface area contributed by atoms with Crippen molar-refractivity contribution in [2.24, 2.45) is 0 Å². The molecule has 0 fully saturated rings. The Morgan fingerprint density at radius 3 is 2.88 bits per heavy atom. The van der Waals surface area contributed by atoms with Crippen molar-refractivity contribution in [2.75, 3.05) is 18.4 Å². The van der Waals surface area contributed by atoms with E-state index in [4.69, 9.17) is 0 Å². The minimum atomic E-state index is -4.46. The molecule has 128 valence electrons. The Morgan fingerprint density at radius 1 is 1.25 bits per heavy atom. The average molecular weight is 338 g/mol. The van der Waals surface area contributed by atoms with E-state index < -0.39 is 11.9 Å². The van der Waals surface area contributed by atoms with Crippen molar-refractivity contribution in [1.82, 2.24) is 25.3 Å². The predicted molar refractivity (Wildman–Crippen MR) is 81.4 cm³/mol. The Morgan fingerprint density at radius 2 is 2.08 bits per heavy atom. The van der Waals surface area contributed by atoms with Gasteiger partial charge in [-0.05, 0) is 26.0 Å². The summed E-state index contributed by atoms with van der Waals surface area (Å²) in [5, 5.41) is 6.39. The highest BCUT2D eigenvalue weighted by Crippen LogP contribution is 2.27. The largest absolute Gasteiger partial charge is 0.433 e.